The van der Waals surface area contributed by atoms with Gasteiger partial charge in [-0.05, 0) is 24.6 Å². The van der Waals surface area contributed by atoms with E-state index in [1.54, 1.807) is 13.0 Å². The Morgan fingerprint density at radius 3 is 2.89 bits per heavy atom. The second-order valence-corrected chi connectivity index (χ2v) is 4.29. The molecule has 1 aromatic carbocycles. The highest BCUT2D eigenvalue weighted by molar-refractivity contribution is 5.80. The summed E-state index contributed by atoms with van der Waals surface area (Å²) in [6.45, 7) is 5.24. The summed E-state index contributed by atoms with van der Waals surface area (Å²) in [5.41, 5.74) is 0.392. The highest BCUT2D eigenvalue weighted by atomic mass is 16.5. The summed E-state index contributed by atoms with van der Waals surface area (Å²) in [7, 11) is 0. The van der Waals surface area contributed by atoms with Crippen LogP contribution >= 0.6 is 0 Å². The highest BCUT2D eigenvalue weighted by Gasteiger charge is 2.10. The lowest BCUT2D eigenvalue weighted by atomic mass is 10.2. The van der Waals surface area contributed by atoms with E-state index < -0.39 is 11.7 Å². The first kappa shape index (κ1) is 13.2. The number of fused-ring (bicyclic) bond motifs is 1. The average molecular weight is 262 g/mol. The molecule has 0 radical (unpaired) electrons. The van der Waals surface area contributed by atoms with Crippen LogP contribution in [0.15, 0.2) is 45.6 Å². The molecule has 5 heteroatoms. The van der Waals surface area contributed by atoms with Gasteiger partial charge in [0.2, 0.25) is 0 Å². The lowest BCUT2D eigenvalue weighted by Crippen LogP contribution is -2.18. The minimum Gasteiger partial charge on any atom is -0.504 e. The second-order valence-electron chi connectivity index (χ2n) is 4.29. The van der Waals surface area contributed by atoms with Crippen molar-refractivity contribution in [2.75, 3.05) is 6.61 Å². The molecule has 5 nitrogen and oxygen atoms in total. The van der Waals surface area contributed by atoms with Crippen LogP contribution in [0.2, 0.25) is 0 Å². The van der Waals surface area contributed by atoms with Gasteiger partial charge in [0.25, 0.3) is 0 Å². The predicted molar refractivity (Wildman–Crippen MR) is 70.5 cm³/mol. The lowest BCUT2D eigenvalue weighted by Gasteiger charge is -2.13. The van der Waals surface area contributed by atoms with Crippen LogP contribution in [0.1, 0.15) is 6.92 Å². The maximum atomic E-state index is 11.1. The number of phenolic OH excluding ortho intramolecular Hbond substituents is 1. The summed E-state index contributed by atoms with van der Waals surface area (Å²) < 4.78 is 10.3. The minimum atomic E-state index is -0.821. The molecule has 1 aromatic heterocycles. The lowest BCUT2D eigenvalue weighted by molar-refractivity contribution is 0.133. The summed E-state index contributed by atoms with van der Waals surface area (Å²) in [5.74, 6) is 0.0532. The second kappa shape index (κ2) is 5.16. The van der Waals surface area contributed by atoms with Gasteiger partial charge in [0.15, 0.2) is 11.5 Å². The fraction of sp³-hybridized carbons (Fsp3) is 0.214. The van der Waals surface area contributed by atoms with Crippen molar-refractivity contribution in [1.29, 1.82) is 0 Å². The van der Waals surface area contributed by atoms with E-state index in [0.29, 0.717) is 16.5 Å². The maximum absolute atomic E-state index is 11.1. The maximum Gasteiger partial charge on any atom is 0.336 e. The fourth-order valence-corrected chi connectivity index (χ4v) is 1.51. The van der Waals surface area contributed by atoms with Gasteiger partial charge in [-0.1, -0.05) is 6.58 Å². The van der Waals surface area contributed by atoms with E-state index in [4.69, 9.17) is 9.15 Å². The summed E-state index contributed by atoms with van der Waals surface area (Å²) in [6, 6.07) is 5.67. The van der Waals surface area contributed by atoms with Crippen LogP contribution in [0.3, 0.4) is 0 Å². The predicted octanol–water partition coefficient (Wildman–Crippen LogP) is 1.81. The van der Waals surface area contributed by atoms with E-state index in [1.165, 1.54) is 18.2 Å². The molecule has 0 bridgehead atoms. The van der Waals surface area contributed by atoms with Crippen LogP contribution in [-0.2, 0) is 0 Å². The molecular weight excluding hydrogens is 248 g/mol. The van der Waals surface area contributed by atoms with E-state index in [9.17, 15) is 15.0 Å². The number of aliphatic hydroxyl groups is 1. The third-order valence-corrected chi connectivity index (χ3v) is 2.67. The Balaban J connectivity index is 2.30. The normalized spacial score (nSPS) is 12.3. The van der Waals surface area contributed by atoms with Crippen LogP contribution in [0.25, 0.3) is 11.0 Å². The van der Waals surface area contributed by atoms with Gasteiger partial charge in [-0.3, -0.25) is 0 Å². The molecule has 0 fully saturated rings. The first-order valence-corrected chi connectivity index (χ1v) is 5.70. The van der Waals surface area contributed by atoms with E-state index >= 15 is 0 Å². The van der Waals surface area contributed by atoms with Crippen molar-refractivity contribution in [3.63, 3.8) is 0 Å². The topological polar surface area (TPSA) is 79.9 Å². The molecule has 2 rings (SSSR count). The van der Waals surface area contributed by atoms with Gasteiger partial charge in [-0.15, -0.1) is 0 Å². The van der Waals surface area contributed by atoms with Crippen LogP contribution < -0.4 is 10.4 Å². The van der Waals surface area contributed by atoms with Crippen molar-refractivity contribution in [3.05, 3.63) is 46.8 Å². The van der Waals surface area contributed by atoms with Gasteiger partial charge >= 0.3 is 5.63 Å². The summed E-state index contributed by atoms with van der Waals surface area (Å²) >= 11 is 0. The Bertz CT molecular complexity index is 671. The van der Waals surface area contributed by atoms with E-state index in [1.807, 2.05) is 0 Å². The molecule has 0 aliphatic heterocycles. The standard InChI is InChI=1S/C14H14O5/c1-8(2)11(16)7-18-13-6-12-9(5-10(13)15)3-4-14(17)19-12/h3-6,11,15-16H,1,7H2,2H3/t11-/m1/s1. The Morgan fingerprint density at radius 1 is 1.47 bits per heavy atom. The molecule has 0 aliphatic rings. The molecule has 0 spiro atoms. The van der Waals surface area contributed by atoms with Crippen LogP contribution in [-0.4, -0.2) is 22.9 Å². The number of rotatable bonds is 4. The third kappa shape index (κ3) is 2.95. The van der Waals surface area contributed by atoms with Gasteiger partial charge in [0, 0.05) is 17.5 Å². The number of hydrogen-bond donors (Lipinski definition) is 2. The number of phenols is 1. The van der Waals surface area contributed by atoms with Crippen molar-refractivity contribution in [2.24, 2.45) is 0 Å². The average Bonchev–Trinajstić information content (AvgIpc) is 2.36. The van der Waals surface area contributed by atoms with Crippen LogP contribution in [0.5, 0.6) is 11.5 Å². The molecule has 2 N–H and O–H groups in total. The van der Waals surface area contributed by atoms with Gasteiger partial charge in [-0.25, -0.2) is 4.79 Å². The SMILES string of the molecule is C=C(C)[C@H](O)COc1cc2oc(=O)ccc2cc1O. The number of aromatic hydroxyl groups is 1. The molecule has 0 amide bonds. The Labute approximate surface area is 109 Å². The molecule has 0 aliphatic carbocycles. The molecule has 1 atom stereocenters. The van der Waals surface area contributed by atoms with Gasteiger partial charge < -0.3 is 19.4 Å². The highest BCUT2D eigenvalue weighted by Crippen LogP contribution is 2.30. The van der Waals surface area contributed by atoms with Crippen molar-refractivity contribution in [2.45, 2.75) is 13.0 Å². The Morgan fingerprint density at radius 2 is 2.21 bits per heavy atom. The molecule has 0 saturated carbocycles. The van der Waals surface area contributed by atoms with E-state index in [0.717, 1.165) is 0 Å². The monoisotopic (exact) mass is 262 g/mol. The van der Waals surface area contributed by atoms with Gasteiger partial charge in [0.05, 0.1) is 0 Å². The largest absolute Gasteiger partial charge is 0.504 e. The Hall–Kier alpha value is -2.27. The van der Waals surface area contributed by atoms with Gasteiger partial charge in [0.1, 0.15) is 18.3 Å². The van der Waals surface area contributed by atoms with Crippen molar-refractivity contribution < 1.29 is 19.4 Å². The molecule has 100 valence electrons. The van der Waals surface area contributed by atoms with Crippen LogP contribution in [0.4, 0.5) is 0 Å². The summed E-state index contributed by atoms with van der Waals surface area (Å²) in [4.78, 5) is 11.1. The zero-order chi connectivity index (χ0) is 14.0. The molecule has 0 unspecified atom stereocenters. The molecule has 19 heavy (non-hydrogen) atoms. The van der Waals surface area contributed by atoms with Crippen molar-refractivity contribution >= 4 is 11.0 Å². The Kier molecular flexibility index (Phi) is 3.57. The zero-order valence-electron chi connectivity index (χ0n) is 10.4. The first-order chi connectivity index (χ1) is 8.97. The van der Waals surface area contributed by atoms with E-state index in [2.05, 4.69) is 6.58 Å². The van der Waals surface area contributed by atoms with Crippen LogP contribution in [0, 0.1) is 0 Å². The molecule has 1 heterocycles. The number of aliphatic hydroxyl groups excluding tert-OH is 1. The molecule has 2 aromatic rings. The first-order valence-electron chi connectivity index (χ1n) is 5.70. The quantitative estimate of drug-likeness (QED) is 0.649. The molecule has 0 saturated heterocycles. The summed E-state index contributed by atoms with van der Waals surface area (Å²) in [5, 5.41) is 19.9. The number of benzene rings is 1. The fourth-order valence-electron chi connectivity index (χ4n) is 1.51. The van der Waals surface area contributed by atoms with Crippen molar-refractivity contribution in [3.8, 4) is 11.5 Å². The smallest absolute Gasteiger partial charge is 0.336 e. The third-order valence-electron chi connectivity index (χ3n) is 2.67. The van der Waals surface area contributed by atoms with Crippen molar-refractivity contribution in [1.82, 2.24) is 0 Å². The van der Waals surface area contributed by atoms with E-state index in [-0.39, 0.29) is 18.1 Å². The minimum absolute atomic E-state index is 0.0362. The van der Waals surface area contributed by atoms with Gasteiger partial charge in [-0.2, -0.15) is 0 Å². The number of ether oxygens (including phenoxy) is 1. The zero-order valence-corrected chi connectivity index (χ0v) is 10.4. The molecular formula is C14H14O5. The number of hydrogen-bond acceptors (Lipinski definition) is 5. The summed E-state index contributed by atoms with van der Waals surface area (Å²) in [6.07, 6.45) is -0.821.